The van der Waals surface area contributed by atoms with E-state index < -0.39 is 0 Å². The highest BCUT2D eigenvalue weighted by atomic mass is 32.2. The van der Waals surface area contributed by atoms with Crippen LogP contribution in [0.3, 0.4) is 0 Å². The molecule has 0 N–H and O–H groups in total. The van der Waals surface area contributed by atoms with E-state index in [9.17, 15) is 4.79 Å². The third kappa shape index (κ3) is 3.00. The number of cyclic esters (lactones) is 1. The van der Waals surface area contributed by atoms with E-state index in [-0.39, 0.29) is 16.7 Å². The van der Waals surface area contributed by atoms with Gasteiger partial charge in [-0.05, 0) is 12.5 Å². The molecule has 1 aromatic carbocycles. The largest absolute Gasteiger partial charge is 0.448 e. The van der Waals surface area contributed by atoms with Gasteiger partial charge in [-0.1, -0.05) is 30.3 Å². The third-order valence-electron chi connectivity index (χ3n) is 2.30. The molecule has 0 saturated carbocycles. The number of carbonyl (C=O) groups is 1. The van der Waals surface area contributed by atoms with Crippen molar-refractivity contribution < 1.29 is 14.3 Å². The van der Waals surface area contributed by atoms with Crippen LogP contribution in [-0.4, -0.2) is 23.3 Å². The molecule has 0 spiro atoms. The van der Waals surface area contributed by atoms with Crippen LogP contribution in [0.25, 0.3) is 0 Å². The third-order valence-corrected chi connectivity index (χ3v) is 3.44. The number of hydrogen-bond acceptors (Lipinski definition) is 4. The Labute approximate surface area is 99.1 Å². The van der Waals surface area contributed by atoms with Crippen molar-refractivity contribution in [3.63, 3.8) is 0 Å². The van der Waals surface area contributed by atoms with E-state index in [2.05, 4.69) is 0 Å². The minimum Gasteiger partial charge on any atom is -0.448 e. The summed E-state index contributed by atoms with van der Waals surface area (Å²) in [4.78, 5) is 11.1. The molecule has 1 aliphatic rings. The predicted octanol–water partition coefficient (Wildman–Crippen LogP) is 2.21. The first kappa shape index (κ1) is 11.5. The normalized spacial score (nSPS) is 24.4. The molecule has 2 rings (SSSR count). The van der Waals surface area contributed by atoms with E-state index >= 15 is 0 Å². The molecule has 86 valence electrons. The molecule has 3 nitrogen and oxygen atoms in total. The van der Waals surface area contributed by atoms with E-state index in [0.717, 1.165) is 5.56 Å². The number of benzene rings is 1. The van der Waals surface area contributed by atoms with E-state index in [1.807, 2.05) is 37.3 Å². The molecule has 0 radical (unpaired) electrons. The summed E-state index contributed by atoms with van der Waals surface area (Å²) in [5.41, 5.74) is 0.982. The average Bonchev–Trinajstić information content (AvgIpc) is 2.60. The number of esters is 1. The number of hydrogen-bond donors (Lipinski definition) is 0. The molecule has 1 aromatic rings. The molecule has 1 aliphatic heterocycles. The number of thioether (sulfide) groups is 1. The van der Waals surface area contributed by atoms with Crippen molar-refractivity contribution in [3.05, 3.63) is 35.9 Å². The van der Waals surface area contributed by atoms with Crippen molar-refractivity contribution >= 4 is 17.7 Å². The van der Waals surface area contributed by atoms with E-state index in [1.54, 1.807) is 0 Å². The highest BCUT2D eigenvalue weighted by Gasteiger charge is 2.31. The SMILES string of the molecule is CC1SC(COCc2ccccc2)OC1=O. The lowest BCUT2D eigenvalue weighted by atomic mass is 10.2. The summed E-state index contributed by atoms with van der Waals surface area (Å²) in [6.45, 7) is 2.86. The summed E-state index contributed by atoms with van der Waals surface area (Å²) in [5, 5.41) is -0.0645. The highest BCUT2D eigenvalue weighted by Crippen LogP contribution is 2.28. The molecule has 0 bridgehead atoms. The van der Waals surface area contributed by atoms with Gasteiger partial charge in [-0.2, -0.15) is 0 Å². The maximum Gasteiger partial charge on any atom is 0.320 e. The molecule has 4 heteroatoms. The van der Waals surface area contributed by atoms with Crippen LogP contribution in [0.2, 0.25) is 0 Å². The van der Waals surface area contributed by atoms with Gasteiger partial charge < -0.3 is 9.47 Å². The monoisotopic (exact) mass is 238 g/mol. The van der Waals surface area contributed by atoms with Crippen molar-refractivity contribution in [2.75, 3.05) is 6.61 Å². The second-order valence-corrected chi connectivity index (χ2v) is 5.15. The molecule has 0 aliphatic carbocycles. The van der Waals surface area contributed by atoms with Crippen molar-refractivity contribution in [1.82, 2.24) is 0 Å². The fourth-order valence-corrected chi connectivity index (χ4v) is 2.40. The number of rotatable bonds is 4. The van der Waals surface area contributed by atoms with Gasteiger partial charge in [0, 0.05) is 0 Å². The Hall–Kier alpha value is -1.00. The second-order valence-electron chi connectivity index (χ2n) is 3.65. The van der Waals surface area contributed by atoms with Crippen LogP contribution in [0.15, 0.2) is 30.3 Å². The van der Waals surface area contributed by atoms with Gasteiger partial charge in [-0.3, -0.25) is 4.79 Å². The highest BCUT2D eigenvalue weighted by molar-refractivity contribution is 8.01. The van der Waals surface area contributed by atoms with Crippen LogP contribution in [0, 0.1) is 0 Å². The van der Waals surface area contributed by atoms with Crippen LogP contribution in [0.4, 0.5) is 0 Å². The zero-order valence-corrected chi connectivity index (χ0v) is 9.91. The zero-order valence-electron chi connectivity index (χ0n) is 9.09. The Balaban J connectivity index is 1.71. The Morgan fingerprint density at radius 1 is 1.38 bits per heavy atom. The summed E-state index contributed by atoms with van der Waals surface area (Å²) in [5.74, 6) is -0.140. The van der Waals surface area contributed by atoms with Gasteiger partial charge in [-0.25, -0.2) is 0 Å². The molecular weight excluding hydrogens is 224 g/mol. The van der Waals surface area contributed by atoms with Crippen LogP contribution < -0.4 is 0 Å². The molecular formula is C12H14O3S. The molecule has 2 atom stereocenters. The first-order valence-corrected chi connectivity index (χ1v) is 6.17. The van der Waals surface area contributed by atoms with Gasteiger partial charge in [0.2, 0.25) is 0 Å². The minimum atomic E-state index is -0.147. The topological polar surface area (TPSA) is 35.5 Å². The van der Waals surface area contributed by atoms with Crippen LogP contribution in [-0.2, 0) is 20.9 Å². The van der Waals surface area contributed by atoms with Gasteiger partial charge in [0.15, 0.2) is 5.44 Å². The maximum absolute atomic E-state index is 11.1. The lowest BCUT2D eigenvalue weighted by Crippen LogP contribution is -2.13. The second kappa shape index (κ2) is 5.37. The standard InChI is InChI=1S/C12H14O3S/c1-9-12(13)15-11(16-9)8-14-7-10-5-3-2-4-6-10/h2-6,9,11H,7-8H2,1H3. The summed E-state index contributed by atoms with van der Waals surface area (Å²) >= 11 is 1.51. The van der Waals surface area contributed by atoms with Crippen LogP contribution in [0.1, 0.15) is 12.5 Å². The molecule has 1 heterocycles. The van der Waals surface area contributed by atoms with Gasteiger partial charge in [0.25, 0.3) is 0 Å². The van der Waals surface area contributed by atoms with Crippen molar-refractivity contribution in [2.45, 2.75) is 24.2 Å². The molecule has 1 fully saturated rings. The van der Waals surface area contributed by atoms with Gasteiger partial charge in [-0.15, -0.1) is 11.8 Å². The lowest BCUT2D eigenvalue weighted by molar-refractivity contribution is -0.143. The van der Waals surface area contributed by atoms with E-state index in [0.29, 0.717) is 13.2 Å². The van der Waals surface area contributed by atoms with Crippen molar-refractivity contribution in [1.29, 1.82) is 0 Å². The summed E-state index contributed by atoms with van der Waals surface area (Å²) in [6, 6.07) is 9.95. The van der Waals surface area contributed by atoms with Crippen molar-refractivity contribution in [2.24, 2.45) is 0 Å². The predicted molar refractivity (Wildman–Crippen MR) is 63.0 cm³/mol. The molecule has 16 heavy (non-hydrogen) atoms. The quantitative estimate of drug-likeness (QED) is 0.753. The van der Waals surface area contributed by atoms with Gasteiger partial charge >= 0.3 is 5.97 Å². The lowest BCUT2D eigenvalue weighted by Gasteiger charge is -2.09. The molecule has 2 unspecified atom stereocenters. The average molecular weight is 238 g/mol. The number of ether oxygens (including phenoxy) is 2. The minimum absolute atomic E-state index is 0.0645. The first-order valence-electron chi connectivity index (χ1n) is 5.23. The Morgan fingerprint density at radius 2 is 2.12 bits per heavy atom. The number of carbonyl (C=O) groups excluding carboxylic acids is 1. The fourth-order valence-electron chi connectivity index (χ4n) is 1.46. The van der Waals surface area contributed by atoms with Crippen LogP contribution >= 0.6 is 11.8 Å². The van der Waals surface area contributed by atoms with Crippen LogP contribution in [0.5, 0.6) is 0 Å². The fraction of sp³-hybridized carbons (Fsp3) is 0.417. The first-order chi connectivity index (χ1) is 7.75. The molecule has 0 aromatic heterocycles. The van der Waals surface area contributed by atoms with Crippen molar-refractivity contribution in [3.8, 4) is 0 Å². The Bertz CT molecular complexity index is 353. The van der Waals surface area contributed by atoms with Gasteiger partial charge in [0.05, 0.1) is 13.2 Å². The molecule has 0 amide bonds. The summed E-state index contributed by atoms with van der Waals surface area (Å²) in [6.07, 6.45) is 0. The molecule has 1 saturated heterocycles. The zero-order chi connectivity index (χ0) is 11.4. The Morgan fingerprint density at radius 3 is 2.75 bits per heavy atom. The summed E-state index contributed by atoms with van der Waals surface area (Å²) in [7, 11) is 0. The smallest absolute Gasteiger partial charge is 0.320 e. The van der Waals surface area contributed by atoms with E-state index in [4.69, 9.17) is 9.47 Å². The van der Waals surface area contributed by atoms with Gasteiger partial charge in [0.1, 0.15) is 5.25 Å². The summed E-state index contributed by atoms with van der Waals surface area (Å²) < 4.78 is 10.6. The Kier molecular flexibility index (Phi) is 3.85. The maximum atomic E-state index is 11.1. The van der Waals surface area contributed by atoms with E-state index in [1.165, 1.54) is 11.8 Å².